The van der Waals surface area contributed by atoms with E-state index in [1.807, 2.05) is 6.07 Å². The van der Waals surface area contributed by atoms with Gasteiger partial charge in [-0.2, -0.15) is 0 Å². The van der Waals surface area contributed by atoms with E-state index in [1.165, 1.54) is 0 Å². The zero-order valence-corrected chi connectivity index (χ0v) is 11.4. The number of aromatic nitrogens is 1. The molecule has 1 amide bonds. The van der Waals surface area contributed by atoms with Crippen LogP contribution in [0.2, 0.25) is 14.8 Å². The van der Waals surface area contributed by atoms with Crippen LogP contribution in [0.15, 0.2) is 18.3 Å². The van der Waals surface area contributed by atoms with Gasteiger partial charge >= 0.3 is 87.2 Å². The Balaban J connectivity index is 2.84. The van der Waals surface area contributed by atoms with Crippen molar-refractivity contribution in [1.29, 1.82) is 0 Å². The summed E-state index contributed by atoms with van der Waals surface area (Å²) in [6.45, 7) is 0. The van der Waals surface area contributed by atoms with Gasteiger partial charge < -0.3 is 0 Å². The van der Waals surface area contributed by atoms with E-state index in [-0.39, 0.29) is 0 Å². The fourth-order valence-electron chi connectivity index (χ4n) is 1.03. The van der Waals surface area contributed by atoms with Crippen molar-refractivity contribution in [3.05, 3.63) is 18.3 Å². The minimum absolute atomic E-state index is 0.525. The van der Waals surface area contributed by atoms with Gasteiger partial charge in [0.05, 0.1) is 0 Å². The van der Waals surface area contributed by atoms with Gasteiger partial charge in [-0.15, -0.1) is 0 Å². The molecule has 0 bridgehead atoms. The molecule has 0 aliphatic rings. The van der Waals surface area contributed by atoms with Crippen molar-refractivity contribution in [1.82, 2.24) is 4.98 Å². The van der Waals surface area contributed by atoms with Crippen LogP contribution in [0.4, 0.5) is 10.5 Å². The van der Waals surface area contributed by atoms with Gasteiger partial charge in [0.2, 0.25) is 0 Å². The Morgan fingerprint density at radius 2 is 2.07 bits per heavy atom. The fourth-order valence-corrected chi connectivity index (χ4v) is 3.99. The molecule has 1 heterocycles. The predicted molar refractivity (Wildman–Crippen MR) is 58.9 cm³/mol. The van der Waals surface area contributed by atoms with Crippen LogP contribution in [0.1, 0.15) is 0 Å². The van der Waals surface area contributed by atoms with Gasteiger partial charge in [-0.1, -0.05) is 0 Å². The Labute approximate surface area is 87.2 Å². The summed E-state index contributed by atoms with van der Waals surface area (Å²) >= 11 is -2.08. The van der Waals surface area contributed by atoms with Gasteiger partial charge in [0.25, 0.3) is 0 Å². The molecule has 2 N–H and O–H groups in total. The van der Waals surface area contributed by atoms with Crippen LogP contribution < -0.4 is 9.03 Å². The molecule has 1 aromatic rings. The molecule has 14 heavy (non-hydrogen) atoms. The maximum absolute atomic E-state index is 10.3. The van der Waals surface area contributed by atoms with E-state index in [9.17, 15) is 4.79 Å². The molecular formula is C9H14N2O2Sn. The van der Waals surface area contributed by atoms with Crippen molar-refractivity contribution in [2.45, 2.75) is 14.8 Å². The van der Waals surface area contributed by atoms with Crippen LogP contribution in [-0.2, 0) is 0 Å². The Bertz CT molecular complexity index is 330. The molecule has 0 unspecified atom stereocenters. The quantitative estimate of drug-likeness (QED) is 0.818. The second-order valence-corrected chi connectivity index (χ2v) is 18.4. The SMILES string of the molecule is [CH3][Sn]([CH3])([CH3])[c]1ccc(NC(=O)O)cn1. The molecule has 0 radical (unpaired) electrons. The molecule has 4 nitrogen and oxygen atoms in total. The standard InChI is InChI=1S/C6H5N2O2.3CH3.Sn/c9-6(10)8-5-2-1-3-7-4-5;;;;/h1-2,4,8H,(H,9,10);3*1H3;. The number of rotatable bonds is 2. The number of nitrogens with zero attached hydrogens (tertiary/aromatic N) is 1. The first-order chi connectivity index (χ1) is 6.39. The van der Waals surface area contributed by atoms with E-state index in [2.05, 4.69) is 25.1 Å². The van der Waals surface area contributed by atoms with Crippen molar-refractivity contribution in [2.24, 2.45) is 0 Å². The number of hydrogen-bond donors (Lipinski definition) is 2. The molecule has 0 aliphatic heterocycles. The molecule has 0 saturated heterocycles. The Hall–Kier alpha value is -0.781. The van der Waals surface area contributed by atoms with E-state index in [0.29, 0.717) is 5.69 Å². The van der Waals surface area contributed by atoms with E-state index < -0.39 is 24.5 Å². The van der Waals surface area contributed by atoms with E-state index in [4.69, 9.17) is 5.11 Å². The first kappa shape index (κ1) is 11.3. The van der Waals surface area contributed by atoms with Crippen LogP contribution >= 0.6 is 0 Å². The van der Waals surface area contributed by atoms with E-state index >= 15 is 0 Å². The third kappa shape index (κ3) is 3.17. The van der Waals surface area contributed by atoms with E-state index in [0.717, 1.165) is 3.71 Å². The third-order valence-corrected chi connectivity index (χ3v) is 7.01. The zero-order chi connectivity index (χ0) is 10.8. The Kier molecular flexibility index (Phi) is 3.36. The summed E-state index contributed by atoms with van der Waals surface area (Å²) < 4.78 is 1.15. The first-order valence-electron chi connectivity index (χ1n) is 4.36. The maximum atomic E-state index is 10.3. The third-order valence-electron chi connectivity index (χ3n) is 1.78. The second kappa shape index (κ2) is 4.16. The van der Waals surface area contributed by atoms with Gasteiger partial charge in [-0.3, -0.25) is 0 Å². The van der Waals surface area contributed by atoms with Gasteiger partial charge in [0, 0.05) is 0 Å². The first-order valence-corrected chi connectivity index (χ1v) is 14.3. The summed E-state index contributed by atoms with van der Waals surface area (Å²) in [5, 5.41) is 10.7. The molecule has 0 fully saturated rings. The summed E-state index contributed by atoms with van der Waals surface area (Å²) in [6.07, 6.45) is 0.518. The number of anilines is 1. The number of hydrogen-bond acceptors (Lipinski definition) is 2. The minimum atomic E-state index is -2.08. The van der Waals surface area contributed by atoms with Crippen molar-refractivity contribution >= 4 is 33.9 Å². The summed E-state index contributed by atoms with van der Waals surface area (Å²) in [6, 6.07) is 3.68. The molecule has 76 valence electrons. The van der Waals surface area contributed by atoms with E-state index in [1.54, 1.807) is 12.3 Å². The normalized spacial score (nSPS) is 11.1. The van der Waals surface area contributed by atoms with Crippen LogP contribution in [0.3, 0.4) is 0 Å². The monoisotopic (exact) mass is 302 g/mol. The molecule has 0 spiro atoms. The molecular weight excluding hydrogens is 287 g/mol. The fraction of sp³-hybridized carbons (Fsp3) is 0.333. The molecule has 1 aromatic heterocycles. The van der Waals surface area contributed by atoms with Gasteiger partial charge in [0.15, 0.2) is 0 Å². The molecule has 5 heteroatoms. The molecule has 1 rings (SSSR count). The Morgan fingerprint density at radius 3 is 2.43 bits per heavy atom. The van der Waals surface area contributed by atoms with Crippen molar-refractivity contribution < 1.29 is 9.90 Å². The Morgan fingerprint density at radius 1 is 1.43 bits per heavy atom. The number of pyridine rings is 1. The van der Waals surface area contributed by atoms with Gasteiger partial charge in [0.1, 0.15) is 0 Å². The molecule has 0 saturated carbocycles. The van der Waals surface area contributed by atoms with Crippen molar-refractivity contribution in [3.8, 4) is 0 Å². The summed E-state index contributed by atoms with van der Waals surface area (Å²) in [4.78, 5) is 21.4. The van der Waals surface area contributed by atoms with Crippen molar-refractivity contribution in [3.63, 3.8) is 0 Å². The van der Waals surface area contributed by atoms with Crippen molar-refractivity contribution in [2.75, 3.05) is 5.32 Å². The number of amides is 1. The average molecular weight is 301 g/mol. The second-order valence-electron chi connectivity index (χ2n) is 4.11. The summed E-state index contributed by atoms with van der Waals surface area (Å²) in [7, 11) is 0. The number of nitrogens with one attached hydrogen (secondary N) is 1. The molecule has 0 atom stereocenters. The van der Waals surface area contributed by atoms with Gasteiger partial charge in [-0.25, -0.2) is 0 Å². The predicted octanol–water partition coefficient (Wildman–Crippen LogP) is 1.72. The van der Waals surface area contributed by atoms with Gasteiger partial charge in [-0.05, 0) is 0 Å². The summed E-state index contributed by atoms with van der Waals surface area (Å²) in [5.74, 6) is 0. The van der Waals surface area contributed by atoms with Crippen LogP contribution in [0, 0.1) is 0 Å². The summed E-state index contributed by atoms with van der Waals surface area (Å²) in [5.41, 5.74) is 0.525. The molecule has 0 aliphatic carbocycles. The van der Waals surface area contributed by atoms with Crippen LogP contribution in [0.5, 0.6) is 0 Å². The number of carbonyl (C=O) groups is 1. The molecule has 0 aromatic carbocycles. The number of carboxylic acid groups (broad SMARTS) is 1. The van der Waals surface area contributed by atoms with Crippen LogP contribution in [-0.4, -0.2) is 34.6 Å². The van der Waals surface area contributed by atoms with Crippen LogP contribution in [0.25, 0.3) is 0 Å². The zero-order valence-electron chi connectivity index (χ0n) is 8.53. The topological polar surface area (TPSA) is 62.2 Å². The average Bonchev–Trinajstić information content (AvgIpc) is 2.02.